The van der Waals surface area contributed by atoms with Gasteiger partial charge in [0.05, 0.1) is 22.2 Å². The van der Waals surface area contributed by atoms with E-state index in [2.05, 4.69) is 42.3 Å². The third-order valence-electron chi connectivity index (χ3n) is 6.71. The van der Waals surface area contributed by atoms with Crippen LogP contribution < -0.4 is 15.8 Å². The number of hydrogen-bond donors (Lipinski definition) is 4. The van der Waals surface area contributed by atoms with E-state index in [1.54, 1.807) is 18.5 Å². The molecule has 1 aliphatic rings. The zero-order valence-corrected chi connectivity index (χ0v) is 20.8. The zero-order chi connectivity index (χ0) is 24.7. The van der Waals surface area contributed by atoms with Gasteiger partial charge < -0.3 is 20.2 Å². The number of anilines is 2. The number of para-hydroxylation sites is 1. The van der Waals surface area contributed by atoms with Crippen LogP contribution in [-0.2, 0) is 4.87 Å². The molecular formula is C27H27N7OS. The van der Waals surface area contributed by atoms with Crippen molar-refractivity contribution >= 4 is 45.9 Å². The lowest BCUT2D eigenvalue weighted by Crippen LogP contribution is -2.29. The first-order chi connectivity index (χ1) is 17.5. The average Bonchev–Trinajstić information content (AvgIpc) is 3.32. The number of rotatable bonds is 5. The minimum absolute atomic E-state index is 0.246. The van der Waals surface area contributed by atoms with Crippen LogP contribution in [0.3, 0.4) is 0 Å². The number of H-pyrrole nitrogens is 2. The number of pyridine rings is 1. The van der Waals surface area contributed by atoms with Gasteiger partial charge in [-0.25, -0.2) is 15.0 Å². The normalized spacial score (nSPS) is 15.8. The number of aromatic amines is 2. The van der Waals surface area contributed by atoms with Crippen LogP contribution in [0.2, 0.25) is 0 Å². The Morgan fingerprint density at radius 1 is 0.972 bits per heavy atom. The summed E-state index contributed by atoms with van der Waals surface area (Å²) in [6.45, 7) is 3.99. The van der Waals surface area contributed by atoms with Crippen molar-refractivity contribution in [1.82, 2.24) is 24.9 Å². The third-order valence-corrected chi connectivity index (χ3v) is 7.03. The topological polar surface area (TPSA) is 103 Å². The van der Waals surface area contributed by atoms with Crippen molar-refractivity contribution in [3.05, 3.63) is 77.1 Å². The molecule has 3 N–H and O–H groups in total. The molecule has 1 aliphatic heterocycles. The van der Waals surface area contributed by atoms with Crippen LogP contribution in [0.25, 0.3) is 33.3 Å². The van der Waals surface area contributed by atoms with Gasteiger partial charge in [0.2, 0.25) is 0 Å². The molecule has 1 atom stereocenters. The first kappa shape index (κ1) is 22.6. The van der Waals surface area contributed by atoms with Crippen molar-refractivity contribution in [2.75, 3.05) is 23.3 Å². The van der Waals surface area contributed by atoms with Gasteiger partial charge in [0, 0.05) is 36.6 Å². The number of imidazole rings is 1. The van der Waals surface area contributed by atoms with Crippen LogP contribution in [0.4, 0.5) is 11.4 Å². The number of fused-ring (bicyclic) bond motifs is 2. The second kappa shape index (κ2) is 8.98. The van der Waals surface area contributed by atoms with Gasteiger partial charge in [-0.15, -0.1) is 12.6 Å². The maximum absolute atomic E-state index is 13.4. The maximum Gasteiger partial charge on any atom is 0.261 e. The van der Waals surface area contributed by atoms with Gasteiger partial charge in [-0.3, -0.25) is 4.79 Å². The Hall–Kier alpha value is -3.85. The number of thiol groups is 1. The van der Waals surface area contributed by atoms with Crippen molar-refractivity contribution in [2.45, 2.75) is 31.1 Å². The minimum atomic E-state index is -0.944. The van der Waals surface area contributed by atoms with Crippen molar-refractivity contribution in [3.8, 4) is 11.4 Å². The molecule has 5 aromatic rings. The van der Waals surface area contributed by atoms with E-state index < -0.39 is 4.87 Å². The fourth-order valence-electron chi connectivity index (χ4n) is 4.91. The second-order valence-corrected chi connectivity index (χ2v) is 10.2. The number of nitrogens with zero attached hydrogens (tertiary/aromatic N) is 4. The fourth-order valence-corrected chi connectivity index (χ4v) is 5.14. The van der Waals surface area contributed by atoms with Crippen molar-refractivity contribution < 1.29 is 0 Å². The van der Waals surface area contributed by atoms with E-state index in [9.17, 15) is 4.79 Å². The van der Waals surface area contributed by atoms with E-state index in [1.807, 2.05) is 37.3 Å². The molecule has 1 saturated heterocycles. The molecule has 1 fully saturated rings. The third kappa shape index (κ3) is 4.09. The smallest absolute Gasteiger partial charge is 0.261 e. The van der Waals surface area contributed by atoms with E-state index in [0.717, 1.165) is 35.0 Å². The fraction of sp³-hybridized carbons (Fsp3) is 0.259. The van der Waals surface area contributed by atoms with Crippen molar-refractivity contribution in [3.63, 3.8) is 0 Å². The number of benzene rings is 2. The predicted octanol–water partition coefficient (Wildman–Crippen LogP) is 5.07. The molecule has 6 rings (SSSR count). The number of piperidine rings is 1. The summed E-state index contributed by atoms with van der Waals surface area (Å²) in [5.41, 5.74) is 4.39. The van der Waals surface area contributed by atoms with E-state index in [1.165, 1.54) is 24.9 Å². The Kier molecular flexibility index (Phi) is 5.64. The molecule has 182 valence electrons. The summed E-state index contributed by atoms with van der Waals surface area (Å²) in [6.07, 6.45) is 7.05. The van der Waals surface area contributed by atoms with Crippen molar-refractivity contribution in [2.24, 2.45) is 0 Å². The molecule has 0 unspecified atom stereocenters. The highest BCUT2D eigenvalue weighted by Crippen LogP contribution is 2.36. The highest BCUT2D eigenvalue weighted by Gasteiger charge is 2.29. The van der Waals surface area contributed by atoms with Gasteiger partial charge in [-0.05, 0) is 56.5 Å². The van der Waals surface area contributed by atoms with Gasteiger partial charge >= 0.3 is 0 Å². The first-order valence-corrected chi connectivity index (χ1v) is 12.6. The molecule has 8 nitrogen and oxygen atoms in total. The van der Waals surface area contributed by atoms with Gasteiger partial charge in [-0.2, -0.15) is 0 Å². The van der Waals surface area contributed by atoms with Crippen LogP contribution in [0.15, 0.2) is 65.7 Å². The minimum Gasteiger partial charge on any atom is -0.371 e. The molecular weight excluding hydrogens is 470 g/mol. The quantitative estimate of drug-likeness (QED) is 0.200. The standard InChI is InChI=1S/C27H27N7OS/c1-27(36,26-28-12-7-13-29-26)33-23-18-8-3-4-9-19(18)32-25(35)22(23)24-30-20-11-10-17(16-21(20)31-24)34-14-5-2-6-15-34/h3-4,7-13,16,36H,2,5-6,14-15H2,1H3,(H,30,31)(H2,32,33,35)/t27-/m0/s1. The Morgan fingerprint density at radius 3 is 2.56 bits per heavy atom. The Bertz CT molecular complexity index is 1600. The summed E-state index contributed by atoms with van der Waals surface area (Å²) in [5.74, 6) is 0.993. The lowest BCUT2D eigenvalue weighted by molar-refractivity contribution is 0.578. The molecule has 9 heteroatoms. The molecule has 4 heterocycles. The molecule has 0 spiro atoms. The molecule has 0 amide bonds. The molecule has 36 heavy (non-hydrogen) atoms. The molecule has 3 aromatic heterocycles. The van der Waals surface area contributed by atoms with Crippen LogP contribution in [0, 0.1) is 0 Å². The van der Waals surface area contributed by atoms with Crippen LogP contribution in [0.5, 0.6) is 0 Å². The van der Waals surface area contributed by atoms with Gasteiger partial charge in [0.15, 0.2) is 5.82 Å². The molecule has 0 aliphatic carbocycles. The number of hydrogen-bond acceptors (Lipinski definition) is 7. The maximum atomic E-state index is 13.4. The summed E-state index contributed by atoms with van der Waals surface area (Å²) in [7, 11) is 0. The largest absolute Gasteiger partial charge is 0.371 e. The summed E-state index contributed by atoms with van der Waals surface area (Å²) < 4.78 is 0. The van der Waals surface area contributed by atoms with Gasteiger partial charge in [0.25, 0.3) is 5.56 Å². The van der Waals surface area contributed by atoms with Crippen LogP contribution in [0.1, 0.15) is 32.0 Å². The number of aromatic nitrogens is 5. The van der Waals surface area contributed by atoms with E-state index in [-0.39, 0.29) is 5.56 Å². The van der Waals surface area contributed by atoms with Gasteiger partial charge in [-0.1, -0.05) is 18.2 Å². The molecule has 0 saturated carbocycles. The molecule has 0 radical (unpaired) electrons. The van der Waals surface area contributed by atoms with Crippen LogP contribution >= 0.6 is 12.6 Å². The highest BCUT2D eigenvalue weighted by atomic mass is 32.1. The SMILES string of the molecule is C[C@@](S)(Nc1c(-c2nc3ccc(N4CCCCC4)cc3[nH]2)c(=O)[nH]c2ccccc12)c1ncccn1. The summed E-state index contributed by atoms with van der Waals surface area (Å²) in [6, 6.07) is 15.7. The van der Waals surface area contributed by atoms with Crippen molar-refractivity contribution in [1.29, 1.82) is 0 Å². The molecule has 0 bridgehead atoms. The second-order valence-electron chi connectivity index (χ2n) is 9.35. The Morgan fingerprint density at radius 2 is 1.75 bits per heavy atom. The summed E-state index contributed by atoms with van der Waals surface area (Å²) in [5, 5.41) is 4.29. The lowest BCUT2D eigenvalue weighted by Gasteiger charge is -2.28. The van der Waals surface area contributed by atoms with Gasteiger partial charge in [0.1, 0.15) is 16.3 Å². The predicted molar refractivity (Wildman–Crippen MR) is 148 cm³/mol. The number of nitrogens with one attached hydrogen (secondary N) is 3. The van der Waals surface area contributed by atoms with Crippen LogP contribution in [-0.4, -0.2) is 38.0 Å². The lowest BCUT2D eigenvalue weighted by atomic mass is 10.1. The Labute approximate surface area is 213 Å². The Balaban J connectivity index is 1.50. The average molecular weight is 498 g/mol. The monoisotopic (exact) mass is 497 g/mol. The highest BCUT2D eigenvalue weighted by molar-refractivity contribution is 7.81. The first-order valence-electron chi connectivity index (χ1n) is 12.2. The zero-order valence-electron chi connectivity index (χ0n) is 20.0. The summed E-state index contributed by atoms with van der Waals surface area (Å²) >= 11 is 4.84. The van der Waals surface area contributed by atoms with E-state index >= 15 is 0 Å². The van der Waals surface area contributed by atoms with E-state index in [0.29, 0.717) is 22.9 Å². The van der Waals surface area contributed by atoms with E-state index in [4.69, 9.17) is 17.6 Å². The molecule has 2 aromatic carbocycles. The summed E-state index contributed by atoms with van der Waals surface area (Å²) in [4.78, 5) is 34.9.